The largest absolute Gasteiger partial charge is 0.482 e. The Morgan fingerprint density at radius 1 is 0.694 bits per heavy atom. The molecule has 2 aliphatic rings. The average Bonchev–Trinajstić information content (AvgIpc) is 3.63. The van der Waals surface area contributed by atoms with Crippen LogP contribution in [0.5, 0.6) is 11.6 Å². The van der Waals surface area contributed by atoms with Gasteiger partial charge in [-0.1, -0.05) is 102 Å². The van der Waals surface area contributed by atoms with E-state index in [4.69, 9.17) is 19.0 Å². The molecular weight excluding hydrogens is 612 g/mol. The summed E-state index contributed by atoms with van der Waals surface area (Å²) in [4.78, 5) is 17.3. The lowest BCUT2D eigenvalue weighted by Gasteiger charge is -2.26. The van der Waals surface area contributed by atoms with Crippen LogP contribution < -0.4 is 9.47 Å². The van der Waals surface area contributed by atoms with Crippen LogP contribution in [0, 0.1) is 11.8 Å². The number of aromatic nitrogens is 2. The molecule has 2 aliphatic heterocycles. The fraction of sp³-hybridized carbons (Fsp3) is 0.244. The van der Waals surface area contributed by atoms with Crippen molar-refractivity contribution in [1.82, 2.24) is 14.9 Å². The van der Waals surface area contributed by atoms with E-state index in [1.54, 1.807) is 0 Å². The Kier molecular flexibility index (Phi) is 10.5. The van der Waals surface area contributed by atoms with Gasteiger partial charge >= 0.3 is 0 Å². The number of ether oxygens (including phenoxy) is 3. The van der Waals surface area contributed by atoms with E-state index < -0.39 is 0 Å². The molecule has 1 atom stereocenters. The second kappa shape index (κ2) is 16.1. The van der Waals surface area contributed by atoms with Gasteiger partial charge in [-0.3, -0.25) is 4.90 Å². The van der Waals surface area contributed by atoms with E-state index in [0.717, 1.165) is 72.1 Å². The summed E-state index contributed by atoms with van der Waals surface area (Å²) >= 11 is 0. The van der Waals surface area contributed by atoms with Crippen molar-refractivity contribution >= 4 is 5.71 Å². The molecule has 246 valence electrons. The van der Waals surface area contributed by atoms with Crippen molar-refractivity contribution in [3.8, 4) is 23.5 Å². The van der Waals surface area contributed by atoms with Gasteiger partial charge in [0, 0.05) is 43.6 Å². The number of hydrogen-bond acceptors (Lipinski definition) is 8. The van der Waals surface area contributed by atoms with Crippen molar-refractivity contribution in [3.05, 3.63) is 155 Å². The Labute approximate surface area is 287 Å². The van der Waals surface area contributed by atoms with Gasteiger partial charge in [0.15, 0.2) is 0 Å². The molecule has 49 heavy (non-hydrogen) atoms. The van der Waals surface area contributed by atoms with Crippen molar-refractivity contribution in [3.63, 3.8) is 0 Å². The lowest BCUT2D eigenvalue weighted by molar-refractivity contribution is 0.0342. The molecular formula is C41H38N4O4. The zero-order chi connectivity index (χ0) is 33.1. The topological polar surface area (TPSA) is 78.3 Å². The Hall–Kier alpha value is -5.49. The number of hydrogen-bond donors (Lipinski definition) is 0. The molecule has 0 saturated carbocycles. The molecule has 0 aliphatic carbocycles. The van der Waals surface area contributed by atoms with Crippen molar-refractivity contribution in [2.45, 2.75) is 38.7 Å². The third-order valence-corrected chi connectivity index (χ3v) is 8.48. The quantitative estimate of drug-likeness (QED) is 0.149. The second-order valence-electron chi connectivity index (χ2n) is 12.1. The van der Waals surface area contributed by atoms with Gasteiger partial charge in [-0.05, 0) is 46.5 Å². The first kappa shape index (κ1) is 32.1. The molecule has 1 aromatic heterocycles. The zero-order valence-electron chi connectivity index (χ0n) is 27.3. The van der Waals surface area contributed by atoms with Crippen molar-refractivity contribution in [2.75, 3.05) is 26.3 Å². The fourth-order valence-electron chi connectivity index (χ4n) is 5.77. The number of rotatable bonds is 11. The summed E-state index contributed by atoms with van der Waals surface area (Å²) in [5.74, 6) is 7.51. The molecule has 8 nitrogen and oxygen atoms in total. The van der Waals surface area contributed by atoms with Crippen molar-refractivity contribution in [1.29, 1.82) is 0 Å². The number of oxime groups is 1. The highest BCUT2D eigenvalue weighted by molar-refractivity contribution is 6.01. The minimum Gasteiger partial charge on any atom is -0.482 e. The lowest BCUT2D eigenvalue weighted by Crippen LogP contribution is -2.35. The van der Waals surface area contributed by atoms with Crippen LogP contribution in [0.25, 0.3) is 0 Å². The third-order valence-electron chi connectivity index (χ3n) is 8.48. The number of morpholine rings is 1. The molecule has 0 bridgehead atoms. The summed E-state index contributed by atoms with van der Waals surface area (Å²) in [6.45, 7) is 5.26. The van der Waals surface area contributed by atoms with Gasteiger partial charge in [0.2, 0.25) is 5.75 Å². The Balaban J connectivity index is 0.973. The van der Waals surface area contributed by atoms with Gasteiger partial charge in [0.1, 0.15) is 25.6 Å². The van der Waals surface area contributed by atoms with Crippen molar-refractivity contribution in [2.24, 2.45) is 5.16 Å². The molecule has 3 heterocycles. The van der Waals surface area contributed by atoms with Crippen LogP contribution in [0.2, 0.25) is 0 Å². The normalized spacial score (nSPS) is 15.8. The first-order chi connectivity index (χ1) is 24.2. The Morgan fingerprint density at radius 2 is 1.33 bits per heavy atom. The summed E-state index contributed by atoms with van der Waals surface area (Å²) in [7, 11) is 0. The minimum absolute atomic E-state index is 0.198. The predicted molar refractivity (Wildman–Crippen MR) is 188 cm³/mol. The monoisotopic (exact) mass is 650 g/mol. The second-order valence-corrected chi connectivity index (χ2v) is 12.1. The third kappa shape index (κ3) is 8.90. The van der Waals surface area contributed by atoms with Gasteiger partial charge in [-0.2, -0.15) is 4.98 Å². The molecule has 8 heteroatoms. The molecule has 5 aromatic rings. The Bertz CT molecular complexity index is 1900. The van der Waals surface area contributed by atoms with E-state index in [-0.39, 0.29) is 6.10 Å². The predicted octanol–water partition coefficient (Wildman–Crippen LogP) is 6.60. The van der Waals surface area contributed by atoms with Crippen LogP contribution in [0.4, 0.5) is 0 Å². The van der Waals surface area contributed by atoms with Crippen LogP contribution in [0.3, 0.4) is 0 Å². The lowest BCUT2D eigenvalue weighted by atomic mass is 10.0. The summed E-state index contributed by atoms with van der Waals surface area (Å²) in [6.07, 6.45) is 2.46. The molecule has 0 amide bonds. The van der Waals surface area contributed by atoms with E-state index in [1.807, 2.05) is 72.8 Å². The summed E-state index contributed by atoms with van der Waals surface area (Å²) in [6, 6.07) is 36.7. The van der Waals surface area contributed by atoms with E-state index in [9.17, 15) is 0 Å². The minimum atomic E-state index is -0.198. The molecule has 7 rings (SSSR count). The maximum Gasteiger partial charge on any atom is 0.260 e. The van der Waals surface area contributed by atoms with E-state index >= 15 is 0 Å². The molecule has 1 saturated heterocycles. The number of nitrogens with zero attached hydrogens (tertiary/aromatic N) is 4. The first-order valence-corrected chi connectivity index (χ1v) is 16.7. The first-order valence-electron chi connectivity index (χ1n) is 16.7. The van der Waals surface area contributed by atoms with E-state index in [1.165, 1.54) is 11.9 Å². The molecule has 0 radical (unpaired) electrons. The van der Waals surface area contributed by atoms with Crippen LogP contribution in [0.1, 0.15) is 45.5 Å². The van der Waals surface area contributed by atoms with Gasteiger partial charge in [0.05, 0.1) is 24.6 Å². The summed E-state index contributed by atoms with van der Waals surface area (Å²) in [5, 5.41) is 4.43. The molecule has 0 spiro atoms. The van der Waals surface area contributed by atoms with Crippen LogP contribution >= 0.6 is 0 Å². The zero-order valence-corrected chi connectivity index (χ0v) is 27.3. The standard InChI is InChI=1S/C41H38N4O4/c1-3-7-34(8-4-1)28-47-40-39(42-30-43-41(40)48-29-35-9-5-2-6-10-35)26-37-25-38(44-49-37)36-19-17-32(18-20-36)12-11-31-13-15-33(16-14-31)27-45-21-23-46-24-22-45/h1-10,13-20,30,37H,21-29H2. The average molecular weight is 651 g/mol. The highest BCUT2D eigenvalue weighted by atomic mass is 16.6. The Morgan fingerprint density at radius 3 is 2.00 bits per heavy atom. The maximum absolute atomic E-state index is 6.31. The van der Waals surface area contributed by atoms with Gasteiger partial charge in [-0.15, -0.1) is 0 Å². The smallest absolute Gasteiger partial charge is 0.260 e. The van der Waals surface area contributed by atoms with Crippen molar-refractivity contribution < 1.29 is 19.0 Å². The van der Waals surface area contributed by atoms with E-state index in [0.29, 0.717) is 37.7 Å². The fourth-order valence-corrected chi connectivity index (χ4v) is 5.77. The molecule has 1 unspecified atom stereocenters. The van der Waals surface area contributed by atoms with Crippen LogP contribution in [0.15, 0.2) is 121 Å². The van der Waals surface area contributed by atoms with Gasteiger partial charge < -0.3 is 19.0 Å². The SMILES string of the molecule is C(#Cc1ccc(C2=NOC(Cc3ncnc(OCc4ccccc4)c3OCc3ccccc3)C2)cc1)c1ccc(CN2CCOCC2)cc1. The molecule has 1 fully saturated rings. The summed E-state index contributed by atoms with van der Waals surface area (Å²) < 4.78 is 17.9. The maximum atomic E-state index is 6.31. The van der Waals surface area contributed by atoms with Crippen LogP contribution in [-0.2, 0) is 35.8 Å². The van der Waals surface area contributed by atoms with Gasteiger partial charge in [0.25, 0.3) is 5.88 Å². The number of benzene rings is 4. The van der Waals surface area contributed by atoms with Gasteiger partial charge in [-0.25, -0.2) is 4.98 Å². The summed E-state index contributed by atoms with van der Waals surface area (Å²) in [5.41, 5.74) is 7.94. The van der Waals surface area contributed by atoms with E-state index in [2.05, 4.69) is 68.3 Å². The highest BCUT2D eigenvalue weighted by Crippen LogP contribution is 2.32. The molecule has 4 aromatic carbocycles. The molecule has 0 N–H and O–H groups in total. The highest BCUT2D eigenvalue weighted by Gasteiger charge is 2.26. The van der Waals surface area contributed by atoms with Crippen LogP contribution in [-0.4, -0.2) is 53.0 Å².